The lowest BCUT2D eigenvalue weighted by atomic mass is 9.86. The predicted molar refractivity (Wildman–Crippen MR) is 171 cm³/mol. The highest BCUT2D eigenvalue weighted by Gasteiger charge is 2.42. The van der Waals surface area contributed by atoms with Crippen LogP contribution in [0.5, 0.6) is 0 Å². The number of hydrogen-bond acceptors (Lipinski definition) is 4. The third kappa shape index (κ3) is 8.84. The van der Waals surface area contributed by atoms with Gasteiger partial charge in [0.15, 0.2) is 0 Å². The van der Waals surface area contributed by atoms with Gasteiger partial charge < -0.3 is 10.1 Å². The molecule has 0 radical (unpaired) electrons. The van der Waals surface area contributed by atoms with Crippen LogP contribution in [0.4, 0.5) is 55.7 Å². The molecule has 0 aromatic heterocycles. The summed E-state index contributed by atoms with van der Waals surface area (Å²) in [6.45, 7) is 3.49. The van der Waals surface area contributed by atoms with Crippen molar-refractivity contribution in [3.05, 3.63) is 119 Å². The monoisotopic (exact) mass is 722 g/mol. The zero-order chi connectivity index (χ0) is 37.3. The van der Waals surface area contributed by atoms with Crippen molar-refractivity contribution >= 4 is 23.4 Å². The molecule has 1 aliphatic rings. The molecule has 14 heteroatoms. The first-order valence-electron chi connectivity index (χ1n) is 15.7. The second kappa shape index (κ2) is 14.3. The number of carbonyl (C=O) groups is 2. The molecule has 1 fully saturated rings. The number of halogens is 9. The number of benzene rings is 4. The van der Waals surface area contributed by atoms with Crippen molar-refractivity contribution < 1.29 is 53.8 Å². The lowest BCUT2D eigenvalue weighted by Gasteiger charge is -2.27. The fraction of sp³-hybridized carbons (Fsp3) is 0.297. The fourth-order valence-corrected chi connectivity index (χ4v) is 5.96. The summed E-state index contributed by atoms with van der Waals surface area (Å²) in [6, 6.07) is 17.1. The number of nitrogens with zero attached hydrogens (tertiary/aromatic N) is 1. The van der Waals surface area contributed by atoms with Gasteiger partial charge >= 0.3 is 24.6 Å². The van der Waals surface area contributed by atoms with Crippen molar-refractivity contribution in [2.75, 3.05) is 11.9 Å². The van der Waals surface area contributed by atoms with Crippen LogP contribution < -0.4 is 5.32 Å². The average molecular weight is 723 g/mol. The lowest BCUT2D eigenvalue weighted by molar-refractivity contribution is -0.140. The Bertz CT molecular complexity index is 1870. The van der Waals surface area contributed by atoms with E-state index in [4.69, 9.17) is 4.74 Å². The molecule has 1 N–H and O–H groups in total. The van der Waals surface area contributed by atoms with E-state index in [9.17, 15) is 49.1 Å². The van der Waals surface area contributed by atoms with E-state index in [0.717, 1.165) is 34.7 Å². The Balaban J connectivity index is 1.64. The zero-order valence-corrected chi connectivity index (χ0v) is 27.1. The van der Waals surface area contributed by atoms with Crippen LogP contribution in [0.1, 0.15) is 54.0 Å². The van der Waals surface area contributed by atoms with E-state index in [0.29, 0.717) is 18.2 Å². The summed E-state index contributed by atoms with van der Waals surface area (Å²) >= 11 is 0. The van der Waals surface area contributed by atoms with E-state index in [-0.39, 0.29) is 47.7 Å². The highest BCUT2D eigenvalue weighted by atomic mass is 19.4. The van der Waals surface area contributed by atoms with Crippen LogP contribution in [0.2, 0.25) is 0 Å². The van der Waals surface area contributed by atoms with Crippen molar-refractivity contribution in [3.63, 3.8) is 0 Å². The van der Waals surface area contributed by atoms with Gasteiger partial charge in [-0.15, -0.1) is 0 Å². The molecule has 0 bridgehead atoms. The van der Waals surface area contributed by atoms with Crippen LogP contribution in [0.25, 0.3) is 11.1 Å². The molecule has 2 atom stereocenters. The number of carbonyl (C=O) groups excluding carboxylic acids is 2. The van der Waals surface area contributed by atoms with E-state index in [1.54, 1.807) is 32.0 Å². The van der Waals surface area contributed by atoms with Gasteiger partial charge in [-0.05, 0) is 83.5 Å². The predicted octanol–water partition coefficient (Wildman–Crippen LogP) is 10.9. The summed E-state index contributed by atoms with van der Waals surface area (Å²) in [5, 5.41) is 2.43. The highest BCUT2D eigenvalue weighted by Crippen LogP contribution is 2.42. The Morgan fingerprint density at radius 1 is 0.784 bits per heavy atom. The van der Waals surface area contributed by atoms with E-state index in [1.165, 1.54) is 18.2 Å². The molecule has 5 rings (SSSR count). The molecule has 0 aliphatic carbocycles. The second-order valence-corrected chi connectivity index (χ2v) is 12.6. The second-order valence-electron chi connectivity index (χ2n) is 12.6. The topological polar surface area (TPSA) is 58.6 Å². The SMILES string of the molecule is CC(C)CC(C(=O)N1C(=O)OC[C@H]1Cc1ccccc1)c1cc(Nc2cc(C(F)(F)F)ccc2C(F)(F)F)cc(-c2ccc(C(F)(F)F)cc2)c1. The summed E-state index contributed by atoms with van der Waals surface area (Å²) in [5.74, 6) is -1.98. The van der Waals surface area contributed by atoms with Crippen LogP contribution in [0.3, 0.4) is 0 Å². The highest BCUT2D eigenvalue weighted by molar-refractivity contribution is 5.97. The smallest absolute Gasteiger partial charge is 0.418 e. The first-order valence-corrected chi connectivity index (χ1v) is 15.7. The van der Waals surface area contributed by atoms with E-state index < -0.39 is 64.9 Å². The maximum absolute atomic E-state index is 14.3. The summed E-state index contributed by atoms with van der Waals surface area (Å²) < 4.78 is 128. The van der Waals surface area contributed by atoms with Crippen LogP contribution in [-0.2, 0) is 34.5 Å². The van der Waals surface area contributed by atoms with E-state index in [1.807, 2.05) is 12.1 Å². The third-order valence-electron chi connectivity index (χ3n) is 8.35. The van der Waals surface area contributed by atoms with Crippen molar-refractivity contribution in [3.8, 4) is 11.1 Å². The molecule has 1 saturated heterocycles. The molecule has 1 unspecified atom stereocenters. The first-order chi connectivity index (χ1) is 23.8. The molecule has 51 heavy (non-hydrogen) atoms. The normalized spacial score (nSPS) is 16.0. The third-order valence-corrected chi connectivity index (χ3v) is 8.35. The largest absolute Gasteiger partial charge is 0.447 e. The number of alkyl halides is 9. The summed E-state index contributed by atoms with van der Waals surface area (Å²) in [6.07, 6.45) is -15.2. The number of imide groups is 1. The Kier molecular flexibility index (Phi) is 10.5. The Morgan fingerprint density at radius 3 is 2.00 bits per heavy atom. The van der Waals surface area contributed by atoms with Gasteiger partial charge in [0.25, 0.3) is 0 Å². The number of cyclic esters (lactones) is 1. The Hall–Kier alpha value is -5.01. The Morgan fingerprint density at radius 2 is 1.41 bits per heavy atom. The van der Waals surface area contributed by atoms with Crippen molar-refractivity contribution in [2.45, 2.75) is 57.2 Å². The maximum Gasteiger partial charge on any atom is 0.418 e. The maximum atomic E-state index is 14.3. The van der Waals surface area contributed by atoms with Gasteiger partial charge in [0.1, 0.15) is 6.61 Å². The van der Waals surface area contributed by atoms with Gasteiger partial charge in [0.2, 0.25) is 5.91 Å². The van der Waals surface area contributed by atoms with Gasteiger partial charge in [0, 0.05) is 5.69 Å². The molecule has 4 aromatic rings. The molecule has 1 heterocycles. The lowest BCUT2D eigenvalue weighted by Crippen LogP contribution is -2.43. The summed E-state index contributed by atoms with van der Waals surface area (Å²) in [5.41, 5.74) is -3.56. The zero-order valence-electron chi connectivity index (χ0n) is 27.1. The van der Waals surface area contributed by atoms with Gasteiger partial charge in [-0.1, -0.05) is 62.4 Å². The van der Waals surface area contributed by atoms with Crippen LogP contribution in [0.15, 0.2) is 91.0 Å². The first kappa shape index (κ1) is 37.3. The minimum atomic E-state index is -5.07. The summed E-state index contributed by atoms with van der Waals surface area (Å²) in [7, 11) is 0. The van der Waals surface area contributed by atoms with E-state index >= 15 is 0 Å². The number of rotatable bonds is 9. The quantitative estimate of drug-likeness (QED) is 0.175. The number of nitrogens with one attached hydrogen (secondary N) is 1. The molecular formula is C37H31F9N2O3. The van der Waals surface area contributed by atoms with Gasteiger partial charge in [0.05, 0.1) is 34.3 Å². The van der Waals surface area contributed by atoms with Crippen LogP contribution in [0, 0.1) is 5.92 Å². The number of anilines is 2. The molecule has 270 valence electrons. The van der Waals surface area contributed by atoms with Crippen LogP contribution in [-0.4, -0.2) is 29.5 Å². The minimum Gasteiger partial charge on any atom is -0.447 e. The molecule has 0 spiro atoms. The molecule has 0 saturated carbocycles. The number of ether oxygens (including phenoxy) is 1. The van der Waals surface area contributed by atoms with Gasteiger partial charge in [-0.2, -0.15) is 39.5 Å². The Labute approximate surface area is 287 Å². The average Bonchev–Trinajstić information content (AvgIpc) is 3.41. The van der Waals surface area contributed by atoms with Crippen molar-refractivity contribution in [1.82, 2.24) is 4.90 Å². The molecule has 4 aromatic carbocycles. The number of hydrogen-bond donors (Lipinski definition) is 1. The molecular weight excluding hydrogens is 691 g/mol. The van der Waals surface area contributed by atoms with E-state index in [2.05, 4.69) is 5.32 Å². The van der Waals surface area contributed by atoms with Gasteiger partial charge in [-0.3, -0.25) is 4.79 Å². The van der Waals surface area contributed by atoms with Gasteiger partial charge in [-0.25, -0.2) is 9.69 Å². The molecule has 2 amide bonds. The standard InChI is InChI=1S/C37H31F9N2O3/c1-21(2)14-30(33(49)48-29(20-51-34(48)50)15-22-6-4-3-5-7-22)25-16-24(23-8-10-26(11-9-23)35(38,39)40)17-28(18-25)47-32-19-27(36(41,42)43)12-13-31(32)37(44,45)46/h3-13,16-19,21,29-30,47H,14-15,20H2,1-2H3/t29-,30?/m1/s1. The fourth-order valence-electron chi connectivity index (χ4n) is 5.96. The van der Waals surface area contributed by atoms with Crippen molar-refractivity contribution in [1.29, 1.82) is 0 Å². The summed E-state index contributed by atoms with van der Waals surface area (Å²) in [4.78, 5) is 28.3. The molecule has 1 aliphatic heterocycles. The minimum absolute atomic E-state index is 0.0952. The molecule has 5 nitrogen and oxygen atoms in total. The number of amides is 2. The van der Waals surface area contributed by atoms with Crippen LogP contribution >= 0.6 is 0 Å². The van der Waals surface area contributed by atoms with Crippen molar-refractivity contribution in [2.24, 2.45) is 5.92 Å².